The van der Waals surface area contributed by atoms with Crippen LogP contribution in [-0.4, -0.2) is 34.5 Å². The first-order valence-electron chi connectivity index (χ1n) is 9.23. The Balaban J connectivity index is 1.27. The monoisotopic (exact) mass is 335 g/mol. The number of aromatic amines is 2. The average molecular weight is 335 g/mol. The Bertz CT molecular complexity index is 873. The number of piperidine rings is 1. The summed E-state index contributed by atoms with van der Waals surface area (Å²) < 4.78 is 0. The minimum absolute atomic E-state index is 0.132. The Morgan fingerprint density at radius 3 is 2.48 bits per heavy atom. The van der Waals surface area contributed by atoms with Crippen molar-refractivity contribution in [1.82, 2.24) is 14.9 Å². The predicted molar refractivity (Wildman–Crippen MR) is 102 cm³/mol. The van der Waals surface area contributed by atoms with Crippen molar-refractivity contribution in [3.05, 3.63) is 70.1 Å². The molecule has 0 amide bonds. The van der Waals surface area contributed by atoms with Crippen LogP contribution in [0.3, 0.4) is 0 Å². The zero-order valence-corrected chi connectivity index (χ0v) is 14.5. The third-order valence-electron chi connectivity index (χ3n) is 5.37. The number of H-pyrrole nitrogens is 2. The van der Waals surface area contributed by atoms with Gasteiger partial charge in [-0.05, 0) is 68.0 Å². The zero-order chi connectivity index (χ0) is 17.1. The lowest BCUT2D eigenvalue weighted by Crippen LogP contribution is -2.35. The second-order valence-corrected chi connectivity index (χ2v) is 7.18. The van der Waals surface area contributed by atoms with E-state index in [2.05, 4.69) is 57.3 Å². The molecule has 1 aliphatic heterocycles. The first-order chi connectivity index (χ1) is 12.3. The van der Waals surface area contributed by atoms with Gasteiger partial charge in [0.15, 0.2) is 0 Å². The Labute approximate surface area is 147 Å². The van der Waals surface area contributed by atoms with Gasteiger partial charge in [0, 0.05) is 6.54 Å². The fraction of sp³-hybridized carbons (Fsp3) is 0.381. The molecule has 0 saturated carbocycles. The molecule has 1 fully saturated rings. The first-order valence-corrected chi connectivity index (χ1v) is 9.23. The number of fused-ring (bicyclic) bond motifs is 1. The summed E-state index contributed by atoms with van der Waals surface area (Å²) >= 11 is 0. The van der Waals surface area contributed by atoms with Crippen molar-refractivity contribution in [2.75, 3.05) is 19.6 Å². The second-order valence-electron chi connectivity index (χ2n) is 7.18. The summed E-state index contributed by atoms with van der Waals surface area (Å²) in [5, 5.41) is 0. The molecule has 0 atom stereocenters. The molecule has 1 aliphatic rings. The minimum atomic E-state index is -0.132. The summed E-state index contributed by atoms with van der Waals surface area (Å²) in [6.45, 7) is 3.49. The van der Waals surface area contributed by atoms with Crippen LogP contribution in [-0.2, 0) is 12.8 Å². The topological polar surface area (TPSA) is 51.9 Å². The largest absolute Gasteiger partial charge is 0.323 e. The molecule has 0 spiro atoms. The van der Waals surface area contributed by atoms with E-state index in [1.165, 1.54) is 43.5 Å². The van der Waals surface area contributed by atoms with Gasteiger partial charge in [-0.1, -0.05) is 36.4 Å². The van der Waals surface area contributed by atoms with Gasteiger partial charge in [-0.3, -0.25) is 0 Å². The van der Waals surface area contributed by atoms with Gasteiger partial charge < -0.3 is 14.9 Å². The molecule has 1 saturated heterocycles. The molecule has 130 valence electrons. The maximum atomic E-state index is 11.3. The van der Waals surface area contributed by atoms with Crippen molar-refractivity contribution in [2.24, 2.45) is 5.92 Å². The van der Waals surface area contributed by atoms with Crippen molar-refractivity contribution in [2.45, 2.75) is 25.7 Å². The number of hydrogen-bond donors (Lipinski definition) is 2. The van der Waals surface area contributed by atoms with Gasteiger partial charge in [-0.25, -0.2) is 4.79 Å². The van der Waals surface area contributed by atoms with Crippen LogP contribution in [0.25, 0.3) is 11.0 Å². The van der Waals surface area contributed by atoms with Crippen LogP contribution in [0.5, 0.6) is 0 Å². The molecule has 2 heterocycles. The van der Waals surface area contributed by atoms with Gasteiger partial charge in [0.2, 0.25) is 0 Å². The van der Waals surface area contributed by atoms with Crippen LogP contribution in [0.15, 0.2) is 53.3 Å². The van der Waals surface area contributed by atoms with E-state index in [-0.39, 0.29) is 5.69 Å². The summed E-state index contributed by atoms with van der Waals surface area (Å²) in [5.74, 6) is 0.819. The van der Waals surface area contributed by atoms with E-state index in [1.807, 2.05) is 6.07 Å². The third-order valence-corrected chi connectivity index (χ3v) is 5.37. The van der Waals surface area contributed by atoms with E-state index in [1.54, 1.807) is 0 Å². The standard InChI is InChI=1S/C21H25N3O/c25-21-22-19-7-6-17(15-20(19)23-21)8-11-24-12-9-18(10-13-24)14-16-4-2-1-3-5-16/h1-7,15,18H,8-14H2,(H2,22,23,25). The highest BCUT2D eigenvalue weighted by Crippen LogP contribution is 2.22. The average Bonchev–Trinajstić information content (AvgIpc) is 3.01. The number of nitrogens with zero attached hydrogens (tertiary/aromatic N) is 1. The number of imidazole rings is 1. The van der Waals surface area contributed by atoms with Gasteiger partial charge >= 0.3 is 5.69 Å². The smallest absolute Gasteiger partial charge is 0.306 e. The van der Waals surface area contributed by atoms with Crippen LogP contribution < -0.4 is 5.69 Å². The van der Waals surface area contributed by atoms with E-state index in [0.29, 0.717) is 0 Å². The molecular formula is C21H25N3O. The second kappa shape index (κ2) is 7.28. The van der Waals surface area contributed by atoms with Gasteiger partial charge in [0.25, 0.3) is 0 Å². The van der Waals surface area contributed by atoms with Crippen LogP contribution in [0.4, 0.5) is 0 Å². The van der Waals surface area contributed by atoms with Crippen molar-refractivity contribution in [1.29, 1.82) is 0 Å². The van der Waals surface area contributed by atoms with Crippen molar-refractivity contribution in [3.63, 3.8) is 0 Å². The van der Waals surface area contributed by atoms with Crippen molar-refractivity contribution < 1.29 is 0 Å². The summed E-state index contributed by atoms with van der Waals surface area (Å²) in [4.78, 5) is 19.6. The highest BCUT2D eigenvalue weighted by atomic mass is 16.1. The number of aromatic nitrogens is 2. The zero-order valence-electron chi connectivity index (χ0n) is 14.5. The normalized spacial score (nSPS) is 16.5. The third kappa shape index (κ3) is 4.02. The quantitative estimate of drug-likeness (QED) is 0.751. The number of hydrogen-bond acceptors (Lipinski definition) is 2. The molecule has 4 rings (SSSR count). The van der Waals surface area contributed by atoms with Gasteiger partial charge in [-0.15, -0.1) is 0 Å². The van der Waals surface area contributed by atoms with Crippen molar-refractivity contribution >= 4 is 11.0 Å². The van der Waals surface area contributed by atoms with E-state index < -0.39 is 0 Å². The van der Waals surface area contributed by atoms with E-state index >= 15 is 0 Å². The number of benzene rings is 2. The van der Waals surface area contributed by atoms with Gasteiger partial charge in [0.1, 0.15) is 0 Å². The lowest BCUT2D eigenvalue weighted by molar-refractivity contribution is 0.186. The molecule has 0 bridgehead atoms. The van der Waals surface area contributed by atoms with Crippen molar-refractivity contribution in [3.8, 4) is 0 Å². The number of nitrogens with one attached hydrogen (secondary N) is 2. The molecule has 3 aromatic rings. The fourth-order valence-corrected chi connectivity index (χ4v) is 3.88. The Morgan fingerprint density at radius 1 is 0.920 bits per heavy atom. The van der Waals surface area contributed by atoms with E-state index in [4.69, 9.17) is 0 Å². The molecule has 0 unspecified atom stereocenters. The summed E-state index contributed by atoms with van der Waals surface area (Å²) in [7, 11) is 0. The Morgan fingerprint density at radius 2 is 1.68 bits per heavy atom. The highest BCUT2D eigenvalue weighted by Gasteiger charge is 2.19. The lowest BCUT2D eigenvalue weighted by atomic mass is 9.90. The van der Waals surface area contributed by atoms with Crippen LogP contribution in [0.1, 0.15) is 24.0 Å². The summed E-state index contributed by atoms with van der Waals surface area (Å²) in [5.41, 5.74) is 4.41. The van der Waals surface area contributed by atoms with Crippen LogP contribution in [0.2, 0.25) is 0 Å². The predicted octanol–water partition coefficient (Wildman–Crippen LogP) is 3.35. The van der Waals surface area contributed by atoms with Crippen LogP contribution in [0, 0.1) is 5.92 Å². The summed E-state index contributed by atoms with van der Waals surface area (Å²) in [6, 6.07) is 17.1. The van der Waals surface area contributed by atoms with Gasteiger partial charge in [-0.2, -0.15) is 0 Å². The maximum Gasteiger partial charge on any atom is 0.323 e. The Hall–Kier alpha value is -2.33. The number of rotatable bonds is 5. The number of likely N-dealkylation sites (tertiary alicyclic amines) is 1. The molecule has 0 aliphatic carbocycles. The van der Waals surface area contributed by atoms with Gasteiger partial charge in [0.05, 0.1) is 11.0 Å². The molecule has 0 radical (unpaired) electrons. The molecule has 4 heteroatoms. The molecule has 2 aromatic carbocycles. The fourth-order valence-electron chi connectivity index (χ4n) is 3.88. The van der Waals surface area contributed by atoms with Crippen LogP contribution >= 0.6 is 0 Å². The van der Waals surface area contributed by atoms with E-state index in [9.17, 15) is 4.79 Å². The van der Waals surface area contributed by atoms with E-state index in [0.717, 1.165) is 29.9 Å². The lowest BCUT2D eigenvalue weighted by Gasteiger charge is -2.32. The maximum absolute atomic E-state index is 11.3. The Kier molecular flexibility index (Phi) is 4.70. The highest BCUT2D eigenvalue weighted by molar-refractivity contribution is 5.74. The molecular weight excluding hydrogens is 310 g/mol. The molecule has 1 aromatic heterocycles. The SMILES string of the molecule is O=c1[nH]c2ccc(CCN3CCC(Cc4ccccc4)CC3)cc2[nH]1. The molecule has 4 nitrogen and oxygen atoms in total. The molecule has 25 heavy (non-hydrogen) atoms. The molecule has 2 N–H and O–H groups in total. The summed E-state index contributed by atoms with van der Waals surface area (Å²) in [6.07, 6.45) is 4.83. The first kappa shape index (κ1) is 16.2. The minimum Gasteiger partial charge on any atom is -0.306 e.